The molecule has 20 heavy (non-hydrogen) atoms. The molecular formula is C13H9NO4S2. The summed E-state index contributed by atoms with van der Waals surface area (Å²) in [5.74, 6) is -1.23. The highest BCUT2D eigenvalue weighted by molar-refractivity contribution is 8.74. The number of amides is 1. The lowest BCUT2D eigenvalue weighted by Gasteiger charge is -2.03. The summed E-state index contributed by atoms with van der Waals surface area (Å²) in [5.41, 5.74) is 1.13. The quantitative estimate of drug-likeness (QED) is 0.507. The van der Waals surface area contributed by atoms with Gasteiger partial charge in [-0.25, -0.2) is 9.00 Å². The third-order valence-corrected chi connectivity index (χ3v) is 5.85. The Labute approximate surface area is 120 Å². The van der Waals surface area contributed by atoms with E-state index in [2.05, 4.69) is 10.1 Å². The van der Waals surface area contributed by atoms with Gasteiger partial charge in [-0.3, -0.25) is 4.79 Å². The van der Waals surface area contributed by atoms with Crippen LogP contribution < -0.4 is 5.32 Å². The fourth-order valence-corrected chi connectivity index (χ4v) is 5.21. The van der Waals surface area contributed by atoms with Crippen LogP contribution in [0.4, 0.5) is 0 Å². The molecule has 2 aliphatic heterocycles. The van der Waals surface area contributed by atoms with Crippen LogP contribution in [-0.2, 0) is 24.2 Å². The average Bonchev–Trinajstić information content (AvgIpc) is 2.92. The molecule has 2 heterocycles. The molecule has 3 rings (SSSR count). The first-order valence-electron chi connectivity index (χ1n) is 5.67. The maximum Gasteiger partial charge on any atom is 0.344 e. The number of nitrogens with one attached hydrogen (secondary N) is 1. The predicted molar refractivity (Wildman–Crippen MR) is 76.3 cm³/mol. The largest absolute Gasteiger partial charge is 0.465 e. The Bertz CT molecular complexity index is 706. The fraction of sp³-hybridized carbons (Fsp3) is 0.0769. The number of ether oxygens (including phenoxy) is 1. The summed E-state index contributed by atoms with van der Waals surface area (Å²) in [4.78, 5) is 24.4. The average molecular weight is 307 g/mol. The van der Waals surface area contributed by atoms with Crippen molar-refractivity contribution in [3.63, 3.8) is 0 Å². The molecule has 1 atom stereocenters. The second-order valence-corrected chi connectivity index (χ2v) is 6.90. The summed E-state index contributed by atoms with van der Waals surface area (Å²) in [6.45, 7) is 0. The van der Waals surface area contributed by atoms with E-state index >= 15 is 0 Å². The standard InChI is InChI=1S/C13H9NO4S2/c1-18-13(16)8-10-9(14-12(8)15)11(20(17)19-10)7-5-3-2-4-6-7/h2-6H,1H3,(H,14,15). The van der Waals surface area contributed by atoms with Crippen LogP contribution in [0.15, 0.2) is 46.5 Å². The highest BCUT2D eigenvalue weighted by Crippen LogP contribution is 2.48. The van der Waals surface area contributed by atoms with Gasteiger partial charge >= 0.3 is 5.97 Å². The van der Waals surface area contributed by atoms with Gasteiger partial charge in [0.2, 0.25) is 0 Å². The molecule has 1 N–H and O–H groups in total. The monoisotopic (exact) mass is 307 g/mol. The van der Waals surface area contributed by atoms with Gasteiger partial charge in [-0.1, -0.05) is 30.3 Å². The van der Waals surface area contributed by atoms with Crippen LogP contribution in [0.5, 0.6) is 0 Å². The fourth-order valence-electron chi connectivity index (χ4n) is 2.02. The van der Waals surface area contributed by atoms with Crippen LogP contribution >= 0.6 is 10.8 Å². The molecular weight excluding hydrogens is 298 g/mol. The molecule has 1 amide bonds. The van der Waals surface area contributed by atoms with Crippen molar-refractivity contribution < 1.29 is 18.5 Å². The van der Waals surface area contributed by atoms with Gasteiger partial charge in [0, 0.05) is 0 Å². The first kappa shape index (κ1) is 13.1. The molecule has 1 aromatic rings. The van der Waals surface area contributed by atoms with Crippen molar-refractivity contribution in [3.05, 3.63) is 52.1 Å². The van der Waals surface area contributed by atoms with Gasteiger partial charge in [0.05, 0.1) is 22.6 Å². The van der Waals surface area contributed by atoms with Gasteiger partial charge in [0.1, 0.15) is 15.4 Å². The Morgan fingerprint density at radius 3 is 2.65 bits per heavy atom. The number of esters is 1. The summed E-state index contributed by atoms with van der Waals surface area (Å²) in [7, 11) is 0.837. The first-order valence-corrected chi connectivity index (χ1v) is 8.16. The van der Waals surface area contributed by atoms with Crippen molar-refractivity contribution >= 4 is 37.4 Å². The molecule has 0 spiro atoms. The Hall–Kier alpha value is -1.86. The van der Waals surface area contributed by atoms with Crippen molar-refractivity contribution in [2.45, 2.75) is 0 Å². The molecule has 102 valence electrons. The molecule has 0 bridgehead atoms. The minimum absolute atomic E-state index is 0.0771. The number of fused-ring (bicyclic) bond motifs is 1. The van der Waals surface area contributed by atoms with Crippen molar-refractivity contribution in [3.8, 4) is 0 Å². The molecule has 2 aliphatic rings. The number of hydrogen-bond donors (Lipinski definition) is 1. The number of benzene rings is 1. The molecule has 0 saturated heterocycles. The van der Waals surface area contributed by atoms with E-state index in [4.69, 9.17) is 0 Å². The lowest BCUT2D eigenvalue weighted by Crippen LogP contribution is -2.21. The van der Waals surface area contributed by atoms with Crippen molar-refractivity contribution in [1.29, 1.82) is 0 Å². The van der Waals surface area contributed by atoms with Gasteiger partial charge in [-0.2, -0.15) is 0 Å². The lowest BCUT2D eigenvalue weighted by atomic mass is 10.2. The van der Waals surface area contributed by atoms with Crippen LogP contribution in [0, 0.1) is 0 Å². The van der Waals surface area contributed by atoms with E-state index < -0.39 is 21.7 Å². The second kappa shape index (κ2) is 4.92. The second-order valence-electron chi connectivity index (χ2n) is 4.04. The zero-order valence-corrected chi connectivity index (χ0v) is 12.0. The summed E-state index contributed by atoms with van der Waals surface area (Å²) < 4.78 is 16.8. The van der Waals surface area contributed by atoms with E-state index in [9.17, 15) is 13.8 Å². The molecule has 0 radical (unpaired) electrons. The minimum Gasteiger partial charge on any atom is -0.465 e. The van der Waals surface area contributed by atoms with Crippen LogP contribution in [0.1, 0.15) is 5.56 Å². The predicted octanol–water partition coefficient (Wildman–Crippen LogP) is 1.32. The molecule has 0 fully saturated rings. The molecule has 0 saturated carbocycles. The van der Waals surface area contributed by atoms with E-state index in [1.807, 2.05) is 30.3 Å². The normalized spacial score (nSPS) is 21.1. The maximum absolute atomic E-state index is 12.2. The van der Waals surface area contributed by atoms with Crippen molar-refractivity contribution in [1.82, 2.24) is 5.32 Å². The number of carbonyl (C=O) groups excluding carboxylic acids is 2. The Balaban J connectivity index is 2.18. The summed E-state index contributed by atoms with van der Waals surface area (Å²) >= 11 is 0. The minimum atomic E-state index is -1.36. The van der Waals surface area contributed by atoms with Crippen LogP contribution in [0.2, 0.25) is 0 Å². The number of hydrogen-bond acceptors (Lipinski definition) is 5. The van der Waals surface area contributed by atoms with E-state index in [0.717, 1.165) is 16.4 Å². The molecule has 0 aliphatic carbocycles. The number of rotatable bonds is 2. The smallest absolute Gasteiger partial charge is 0.344 e. The van der Waals surface area contributed by atoms with Gasteiger partial charge in [-0.05, 0) is 16.4 Å². The Morgan fingerprint density at radius 1 is 1.30 bits per heavy atom. The van der Waals surface area contributed by atoms with Crippen LogP contribution in [-0.4, -0.2) is 23.2 Å². The summed E-state index contributed by atoms with van der Waals surface area (Å²) in [6.07, 6.45) is 0. The zero-order valence-electron chi connectivity index (χ0n) is 10.3. The summed E-state index contributed by atoms with van der Waals surface area (Å²) in [5, 5.41) is 2.61. The third-order valence-electron chi connectivity index (χ3n) is 2.90. The highest BCUT2D eigenvalue weighted by Gasteiger charge is 2.42. The number of carbonyl (C=O) groups is 2. The zero-order chi connectivity index (χ0) is 14.3. The van der Waals surface area contributed by atoms with Gasteiger partial charge < -0.3 is 10.1 Å². The molecule has 7 heteroatoms. The van der Waals surface area contributed by atoms with Crippen LogP contribution in [0.25, 0.3) is 4.91 Å². The SMILES string of the molecule is COC(=O)C1=C2SS(=O)C(c3ccccc3)=C2NC1=O. The van der Waals surface area contributed by atoms with E-state index in [-0.39, 0.29) is 5.57 Å². The van der Waals surface area contributed by atoms with E-state index in [0.29, 0.717) is 15.5 Å². The van der Waals surface area contributed by atoms with E-state index in [1.54, 1.807) is 0 Å². The van der Waals surface area contributed by atoms with Gasteiger partial charge in [0.15, 0.2) is 0 Å². The topological polar surface area (TPSA) is 72.5 Å². The number of methoxy groups -OCH3 is 1. The molecule has 5 nitrogen and oxygen atoms in total. The van der Waals surface area contributed by atoms with E-state index in [1.165, 1.54) is 7.11 Å². The Kier molecular flexibility index (Phi) is 3.23. The van der Waals surface area contributed by atoms with Gasteiger partial charge in [-0.15, -0.1) is 0 Å². The molecule has 0 aromatic heterocycles. The summed E-state index contributed by atoms with van der Waals surface area (Å²) in [6, 6.07) is 9.12. The Morgan fingerprint density at radius 2 is 2.00 bits per heavy atom. The van der Waals surface area contributed by atoms with Crippen molar-refractivity contribution in [2.75, 3.05) is 7.11 Å². The van der Waals surface area contributed by atoms with Crippen LogP contribution in [0.3, 0.4) is 0 Å². The first-order chi connectivity index (χ1) is 9.63. The molecule has 1 unspecified atom stereocenters. The molecule has 1 aromatic carbocycles. The lowest BCUT2D eigenvalue weighted by molar-refractivity contribution is -0.137. The van der Waals surface area contributed by atoms with Crippen molar-refractivity contribution in [2.24, 2.45) is 0 Å². The highest BCUT2D eigenvalue weighted by atomic mass is 33.1. The van der Waals surface area contributed by atoms with Gasteiger partial charge in [0.25, 0.3) is 5.91 Å². The third kappa shape index (κ3) is 1.90. The maximum atomic E-state index is 12.2.